The highest BCUT2D eigenvalue weighted by molar-refractivity contribution is 5.46. The van der Waals surface area contributed by atoms with Gasteiger partial charge in [-0.15, -0.1) is 0 Å². The van der Waals surface area contributed by atoms with Crippen molar-refractivity contribution in [1.29, 1.82) is 0 Å². The van der Waals surface area contributed by atoms with Gasteiger partial charge in [0, 0.05) is 12.1 Å². The van der Waals surface area contributed by atoms with E-state index < -0.39 is 0 Å². The molecule has 0 aliphatic rings. The Morgan fingerprint density at radius 2 is 2.05 bits per heavy atom. The first-order valence-electron chi connectivity index (χ1n) is 6.51. The zero-order valence-electron chi connectivity index (χ0n) is 11.6. The van der Waals surface area contributed by atoms with Crippen LogP contribution in [0.1, 0.15) is 12.5 Å². The number of methoxy groups -OCH3 is 1. The number of rotatable bonds is 10. The summed E-state index contributed by atoms with van der Waals surface area (Å²) in [6.45, 7) is 4.93. The quantitative estimate of drug-likeness (QED) is 0.625. The molecule has 0 heterocycles. The Labute approximate surface area is 114 Å². The fraction of sp³-hybridized carbons (Fsp3) is 0.571. The Morgan fingerprint density at radius 3 is 2.74 bits per heavy atom. The second-order valence-corrected chi connectivity index (χ2v) is 3.91. The third kappa shape index (κ3) is 5.46. The molecule has 0 saturated carbocycles. The summed E-state index contributed by atoms with van der Waals surface area (Å²) in [6, 6.07) is 5.83. The van der Waals surface area contributed by atoms with Crippen LogP contribution in [0.3, 0.4) is 0 Å². The largest absolute Gasteiger partial charge is 0.493 e. The van der Waals surface area contributed by atoms with Crippen molar-refractivity contribution < 1.29 is 19.3 Å². The van der Waals surface area contributed by atoms with Crippen LogP contribution >= 0.6 is 0 Å². The Morgan fingerprint density at radius 1 is 1.21 bits per heavy atom. The average Bonchev–Trinajstić information content (AvgIpc) is 2.45. The van der Waals surface area contributed by atoms with Gasteiger partial charge in [0.25, 0.3) is 0 Å². The number of hydrogen-bond donors (Lipinski definition) is 2. The molecule has 0 aliphatic carbocycles. The lowest BCUT2D eigenvalue weighted by atomic mass is 10.2. The number of benzene rings is 1. The molecule has 0 amide bonds. The summed E-state index contributed by atoms with van der Waals surface area (Å²) in [5.74, 6) is 1.47. The van der Waals surface area contributed by atoms with Gasteiger partial charge in [-0.05, 0) is 12.6 Å². The summed E-state index contributed by atoms with van der Waals surface area (Å²) >= 11 is 0. The van der Waals surface area contributed by atoms with Gasteiger partial charge in [-0.1, -0.05) is 19.1 Å². The van der Waals surface area contributed by atoms with Gasteiger partial charge in [-0.25, -0.2) is 0 Å². The lowest BCUT2D eigenvalue weighted by molar-refractivity contribution is 0.0696. The molecule has 5 nitrogen and oxygen atoms in total. The zero-order chi connectivity index (χ0) is 13.9. The van der Waals surface area contributed by atoms with Crippen LogP contribution in [0.4, 0.5) is 0 Å². The Hall–Kier alpha value is -1.30. The number of para-hydroxylation sites is 1. The van der Waals surface area contributed by atoms with E-state index in [9.17, 15) is 0 Å². The zero-order valence-corrected chi connectivity index (χ0v) is 11.6. The van der Waals surface area contributed by atoms with Gasteiger partial charge < -0.3 is 24.6 Å². The molecule has 5 heteroatoms. The molecule has 108 valence electrons. The standard InChI is InChI=1S/C14H23NO4/c1-3-15-11-12-5-4-6-13(17-2)14(12)19-10-9-18-8-7-16/h4-6,15-16H,3,7-11H2,1-2H3. The number of aliphatic hydroxyl groups excluding tert-OH is 1. The first kappa shape index (κ1) is 15.8. The van der Waals surface area contributed by atoms with Crippen LogP contribution < -0.4 is 14.8 Å². The van der Waals surface area contributed by atoms with Gasteiger partial charge in [0.05, 0.1) is 26.9 Å². The molecule has 0 saturated heterocycles. The van der Waals surface area contributed by atoms with Crippen molar-refractivity contribution in [2.75, 3.05) is 40.1 Å². The van der Waals surface area contributed by atoms with Gasteiger partial charge in [0.1, 0.15) is 6.61 Å². The fourth-order valence-electron chi connectivity index (χ4n) is 1.65. The second-order valence-electron chi connectivity index (χ2n) is 3.91. The molecule has 0 unspecified atom stereocenters. The van der Waals surface area contributed by atoms with Crippen molar-refractivity contribution in [1.82, 2.24) is 5.32 Å². The monoisotopic (exact) mass is 269 g/mol. The van der Waals surface area contributed by atoms with Crippen molar-refractivity contribution in [2.24, 2.45) is 0 Å². The Balaban J connectivity index is 2.60. The normalized spacial score (nSPS) is 10.5. The van der Waals surface area contributed by atoms with E-state index in [2.05, 4.69) is 12.2 Å². The first-order chi connectivity index (χ1) is 9.33. The molecule has 2 N–H and O–H groups in total. The molecule has 1 aromatic rings. The molecule has 0 spiro atoms. The van der Waals surface area contributed by atoms with E-state index in [4.69, 9.17) is 19.3 Å². The molecule has 0 fully saturated rings. The molecular formula is C14H23NO4. The van der Waals surface area contributed by atoms with E-state index in [0.717, 1.165) is 30.2 Å². The van der Waals surface area contributed by atoms with Crippen molar-refractivity contribution in [3.05, 3.63) is 23.8 Å². The van der Waals surface area contributed by atoms with Gasteiger partial charge >= 0.3 is 0 Å². The van der Waals surface area contributed by atoms with Crippen LogP contribution in [0.15, 0.2) is 18.2 Å². The molecule has 0 aromatic heterocycles. The van der Waals surface area contributed by atoms with E-state index in [1.165, 1.54) is 0 Å². The smallest absolute Gasteiger partial charge is 0.165 e. The van der Waals surface area contributed by atoms with Crippen molar-refractivity contribution in [2.45, 2.75) is 13.5 Å². The minimum Gasteiger partial charge on any atom is -0.493 e. The molecule has 0 radical (unpaired) electrons. The maximum absolute atomic E-state index is 8.61. The fourth-order valence-corrected chi connectivity index (χ4v) is 1.65. The highest BCUT2D eigenvalue weighted by atomic mass is 16.5. The molecule has 0 bridgehead atoms. The molecule has 1 aromatic carbocycles. The average molecular weight is 269 g/mol. The van der Waals surface area contributed by atoms with E-state index in [0.29, 0.717) is 19.8 Å². The van der Waals surface area contributed by atoms with Crippen molar-refractivity contribution in [3.8, 4) is 11.5 Å². The van der Waals surface area contributed by atoms with Crippen LogP contribution in [0.2, 0.25) is 0 Å². The maximum Gasteiger partial charge on any atom is 0.165 e. The SMILES string of the molecule is CCNCc1cccc(OC)c1OCCOCCO. The number of hydrogen-bond acceptors (Lipinski definition) is 5. The summed E-state index contributed by atoms with van der Waals surface area (Å²) in [6.07, 6.45) is 0. The van der Waals surface area contributed by atoms with Gasteiger partial charge in [0.15, 0.2) is 11.5 Å². The minimum absolute atomic E-state index is 0.0281. The summed E-state index contributed by atoms with van der Waals surface area (Å²) in [7, 11) is 1.63. The van der Waals surface area contributed by atoms with E-state index in [-0.39, 0.29) is 6.61 Å². The van der Waals surface area contributed by atoms with Crippen LogP contribution in [-0.2, 0) is 11.3 Å². The number of aliphatic hydroxyl groups is 1. The highest BCUT2D eigenvalue weighted by Gasteiger charge is 2.09. The predicted molar refractivity (Wildman–Crippen MR) is 73.8 cm³/mol. The molecule has 0 atom stereocenters. The number of nitrogens with one attached hydrogen (secondary N) is 1. The van der Waals surface area contributed by atoms with Crippen molar-refractivity contribution >= 4 is 0 Å². The second kappa shape index (κ2) is 9.61. The number of ether oxygens (including phenoxy) is 3. The summed E-state index contributed by atoms with van der Waals surface area (Å²) in [5, 5.41) is 11.9. The lowest BCUT2D eigenvalue weighted by Crippen LogP contribution is -2.15. The van der Waals surface area contributed by atoms with Crippen LogP contribution in [0.25, 0.3) is 0 Å². The summed E-state index contributed by atoms with van der Waals surface area (Å²) < 4.78 is 16.2. The summed E-state index contributed by atoms with van der Waals surface area (Å²) in [4.78, 5) is 0. The van der Waals surface area contributed by atoms with Crippen LogP contribution in [0, 0.1) is 0 Å². The van der Waals surface area contributed by atoms with E-state index >= 15 is 0 Å². The molecular weight excluding hydrogens is 246 g/mol. The van der Waals surface area contributed by atoms with Gasteiger partial charge in [-0.3, -0.25) is 0 Å². The highest BCUT2D eigenvalue weighted by Crippen LogP contribution is 2.30. The summed E-state index contributed by atoms with van der Waals surface area (Å²) in [5.41, 5.74) is 1.06. The predicted octanol–water partition coefficient (Wildman–Crippen LogP) is 1.19. The van der Waals surface area contributed by atoms with Crippen LogP contribution in [-0.4, -0.2) is 45.2 Å². The van der Waals surface area contributed by atoms with Gasteiger partial charge in [-0.2, -0.15) is 0 Å². The Bertz CT molecular complexity index is 357. The van der Waals surface area contributed by atoms with Crippen molar-refractivity contribution in [3.63, 3.8) is 0 Å². The topological polar surface area (TPSA) is 60.0 Å². The lowest BCUT2D eigenvalue weighted by Gasteiger charge is -2.15. The van der Waals surface area contributed by atoms with E-state index in [1.54, 1.807) is 7.11 Å². The molecule has 19 heavy (non-hydrogen) atoms. The Kier molecular flexibility index (Phi) is 7.97. The van der Waals surface area contributed by atoms with Gasteiger partial charge in [0.2, 0.25) is 0 Å². The minimum atomic E-state index is 0.0281. The molecule has 0 aliphatic heterocycles. The first-order valence-corrected chi connectivity index (χ1v) is 6.51. The maximum atomic E-state index is 8.61. The molecule has 1 rings (SSSR count). The third-order valence-electron chi connectivity index (χ3n) is 2.56. The third-order valence-corrected chi connectivity index (χ3v) is 2.56. The van der Waals surface area contributed by atoms with E-state index in [1.807, 2.05) is 18.2 Å². The van der Waals surface area contributed by atoms with Crippen LogP contribution in [0.5, 0.6) is 11.5 Å².